The second-order valence-electron chi connectivity index (χ2n) is 4.23. The van der Waals surface area contributed by atoms with E-state index in [1.54, 1.807) is 0 Å². The van der Waals surface area contributed by atoms with Gasteiger partial charge in [-0.15, -0.1) is 0 Å². The molecule has 0 amide bonds. The Kier molecular flexibility index (Phi) is 5.86. The van der Waals surface area contributed by atoms with E-state index in [1.165, 1.54) is 6.07 Å². The third kappa shape index (κ3) is 4.87. The summed E-state index contributed by atoms with van der Waals surface area (Å²) in [5.41, 5.74) is 0.152. The van der Waals surface area contributed by atoms with Gasteiger partial charge in [0.15, 0.2) is 0 Å². The van der Waals surface area contributed by atoms with E-state index in [-0.39, 0.29) is 29.7 Å². The number of aliphatic hydroxyl groups is 1. The molecule has 0 aliphatic rings. The fourth-order valence-electron chi connectivity index (χ4n) is 1.46. The highest BCUT2D eigenvalue weighted by Gasteiger charge is 2.18. The summed E-state index contributed by atoms with van der Waals surface area (Å²) in [4.78, 5) is -0.250. The number of rotatable bonds is 7. The molecule has 2 N–H and O–H groups in total. The van der Waals surface area contributed by atoms with Crippen molar-refractivity contribution >= 4 is 10.0 Å². The van der Waals surface area contributed by atoms with Crippen molar-refractivity contribution in [3.05, 3.63) is 29.6 Å². The van der Waals surface area contributed by atoms with E-state index in [0.29, 0.717) is 0 Å². The summed E-state index contributed by atoms with van der Waals surface area (Å²) in [6.07, 6.45) is 0.00618. The van der Waals surface area contributed by atoms with Gasteiger partial charge in [-0.3, -0.25) is 0 Å². The lowest BCUT2D eigenvalue weighted by Gasteiger charge is -2.11. The van der Waals surface area contributed by atoms with Crippen molar-refractivity contribution in [1.82, 2.24) is 4.72 Å². The molecule has 0 heterocycles. The Morgan fingerprint density at radius 2 is 2.11 bits per heavy atom. The number of hydrogen-bond acceptors (Lipinski definition) is 4. The second kappa shape index (κ2) is 6.95. The summed E-state index contributed by atoms with van der Waals surface area (Å²) in [6, 6.07) is 3.23. The number of sulfonamides is 1. The molecule has 1 aromatic rings. The summed E-state index contributed by atoms with van der Waals surface area (Å²) in [5.74, 6) is -0.670. The molecule has 0 saturated carbocycles. The van der Waals surface area contributed by atoms with Crippen LogP contribution in [0.1, 0.15) is 19.4 Å². The van der Waals surface area contributed by atoms with Crippen LogP contribution >= 0.6 is 0 Å². The van der Waals surface area contributed by atoms with Crippen molar-refractivity contribution in [3.63, 3.8) is 0 Å². The zero-order valence-electron chi connectivity index (χ0n) is 10.9. The molecule has 7 heteroatoms. The number of benzene rings is 1. The van der Waals surface area contributed by atoms with Gasteiger partial charge in [-0.05, 0) is 31.5 Å². The van der Waals surface area contributed by atoms with E-state index < -0.39 is 22.4 Å². The Bertz CT molecular complexity index is 516. The maximum absolute atomic E-state index is 13.1. The largest absolute Gasteiger partial charge is 0.392 e. The van der Waals surface area contributed by atoms with E-state index in [1.807, 2.05) is 13.8 Å². The van der Waals surface area contributed by atoms with Crippen molar-refractivity contribution in [2.24, 2.45) is 0 Å². The van der Waals surface area contributed by atoms with Gasteiger partial charge in [0.05, 0.1) is 24.2 Å². The minimum absolute atomic E-state index is 0.00618. The predicted octanol–water partition coefficient (Wildman–Crippen LogP) is 1.02. The van der Waals surface area contributed by atoms with Crippen LogP contribution in [0.3, 0.4) is 0 Å². The summed E-state index contributed by atoms with van der Waals surface area (Å²) in [7, 11) is -3.85. The molecule has 0 bridgehead atoms. The maximum atomic E-state index is 13.1. The molecule has 0 unspecified atom stereocenters. The van der Waals surface area contributed by atoms with Crippen LogP contribution in [0.25, 0.3) is 0 Å². The monoisotopic (exact) mass is 291 g/mol. The SMILES string of the molecule is CC(C)OCCNS(=O)(=O)c1cc(F)ccc1CO. The first-order valence-electron chi connectivity index (χ1n) is 5.87. The van der Waals surface area contributed by atoms with Gasteiger partial charge >= 0.3 is 0 Å². The lowest BCUT2D eigenvalue weighted by atomic mass is 10.2. The molecule has 0 aliphatic heterocycles. The fourth-order valence-corrected chi connectivity index (χ4v) is 2.71. The van der Waals surface area contributed by atoms with E-state index in [0.717, 1.165) is 12.1 Å². The third-order valence-electron chi connectivity index (χ3n) is 2.33. The molecule has 0 atom stereocenters. The number of hydrogen-bond donors (Lipinski definition) is 2. The van der Waals surface area contributed by atoms with Crippen LogP contribution in [-0.4, -0.2) is 32.8 Å². The summed E-state index contributed by atoms with van der Waals surface area (Å²) >= 11 is 0. The van der Waals surface area contributed by atoms with Crippen molar-refractivity contribution in [2.75, 3.05) is 13.2 Å². The lowest BCUT2D eigenvalue weighted by molar-refractivity contribution is 0.0834. The standard InChI is InChI=1S/C12H18FNO4S/c1-9(2)18-6-5-14-19(16,17)12-7-11(13)4-3-10(12)8-15/h3-4,7,9,14-15H,5-6,8H2,1-2H3. The first-order chi connectivity index (χ1) is 8.86. The highest BCUT2D eigenvalue weighted by molar-refractivity contribution is 7.89. The highest BCUT2D eigenvalue weighted by atomic mass is 32.2. The summed E-state index contributed by atoms with van der Waals surface area (Å²) in [6.45, 7) is 3.51. The summed E-state index contributed by atoms with van der Waals surface area (Å²) < 4.78 is 44.5. The molecular weight excluding hydrogens is 273 g/mol. The average molecular weight is 291 g/mol. The maximum Gasteiger partial charge on any atom is 0.241 e. The van der Waals surface area contributed by atoms with Gasteiger partial charge in [-0.1, -0.05) is 6.07 Å². The van der Waals surface area contributed by atoms with E-state index in [9.17, 15) is 12.8 Å². The van der Waals surface area contributed by atoms with Crippen LogP contribution in [0.4, 0.5) is 4.39 Å². The van der Waals surface area contributed by atoms with Gasteiger partial charge in [-0.2, -0.15) is 0 Å². The molecule has 1 aromatic carbocycles. The predicted molar refractivity (Wildman–Crippen MR) is 68.6 cm³/mol. The zero-order valence-corrected chi connectivity index (χ0v) is 11.7. The molecule has 1 rings (SSSR count). The number of halogens is 1. The second-order valence-corrected chi connectivity index (χ2v) is 5.96. The molecule has 0 spiro atoms. The Morgan fingerprint density at radius 3 is 2.68 bits per heavy atom. The van der Waals surface area contributed by atoms with Crippen LogP contribution in [-0.2, 0) is 21.4 Å². The molecule has 0 radical (unpaired) electrons. The zero-order chi connectivity index (χ0) is 14.5. The number of ether oxygens (including phenoxy) is 1. The van der Waals surface area contributed by atoms with Crippen LogP contribution in [0.5, 0.6) is 0 Å². The van der Waals surface area contributed by atoms with Crippen LogP contribution < -0.4 is 4.72 Å². The Hall–Kier alpha value is -1.02. The Balaban J connectivity index is 2.79. The minimum Gasteiger partial charge on any atom is -0.392 e. The molecule has 0 aromatic heterocycles. The van der Waals surface area contributed by atoms with Crippen LogP contribution in [0.15, 0.2) is 23.1 Å². The molecular formula is C12H18FNO4S. The van der Waals surface area contributed by atoms with Crippen molar-refractivity contribution in [1.29, 1.82) is 0 Å². The molecule has 108 valence electrons. The van der Waals surface area contributed by atoms with E-state index in [4.69, 9.17) is 9.84 Å². The van der Waals surface area contributed by atoms with E-state index >= 15 is 0 Å². The molecule has 19 heavy (non-hydrogen) atoms. The van der Waals surface area contributed by atoms with Crippen LogP contribution in [0, 0.1) is 5.82 Å². The first-order valence-corrected chi connectivity index (χ1v) is 7.35. The smallest absolute Gasteiger partial charge is 0.241 e. The lowest BCUT2D eigenvalue weighted by Crippen LogP contribution is -2.29. The molecule has 5 nitrogen and oxygen atoms in total. The van der Waals surface area contributed by atoms with Gasteiger partial charge in [0, 0.05) is 6.54 Å². The molecule has 0 saturated heterocycles. The quantitative estimate of drug-likeness (QED) is 0.736. The van der Waals surface area contributed by atoms with Crippen molar-refractivity contribution < 1.29 is 22.7 Å². The topological polar surface area (TPSA) is 75.6 Å². The number of aliphatic hydroxyl groups excluding tert-OH is 1. The first kappa shape index (κ1) is 16.0. The van der Waals surface area contributed by atoms with Gasteiger partial charge < -0.3 is 9.84 Å². The van der Waals surface area contributed by atoms with Gasteiger partial charge in [0.1, 0.15) is 5.82 Å². The third-order valence-corrected chi connectivity index (χ3v) is 3.88. The molecule has 0 aliphatic carbocycles. The summed E-state index contributed by atoms with van der Waals surface area (Å²) in [5, 5.41) is 9.08. The fraction of sp³-hybridized carbons (Fsp3) is 0.500. The Morgan fingerprint density at radius 1 is 1.42 bits per heavy atom. The minimum atomic E-state index is -3.85. The van der Waals surface area contributed by atoms with Gasteiger partial charge in [0.2, 0.25) is 10.0 Å². The van der Waals surface area contributed by atoms with Crippen LogP contribution in [0.2, 0.25) is 0 Å². The Labute approximate surface area is 112 Å². The highest BCUT2D eigenvalue weighted by Crippen LogP contribution is 2.17. The normalized spacial score (nSPS) is 12.1. The van der Waals surface area contributed by atoms with Gasteiger partial charge in [-0.25, -0.2) is 17.5 Å². The number of nitrogens with one attached hydrogen (secondary N) is 1. The van der Waals surface area contributed by atoms with Crippen molar-refractivity contribution in [3.8, 4) is 0 Å². The van der Waals surface area contributed by atoms with Crippen molar-refractivity contribution in [2.45, 2.75) is 31.5 Å². The molecule has 0 fully saturated rings. The van der Waals surface area contributed by atoms with E-state index in [2.05, 4.69) is 4.72 Å². The van der Waals surface area contributed by atoms with Gasteiger partial charge in [0.25, 0.3) is 0 Å². The average Bonchev–Trinajstić information content (AvgIpc) is 2.34.